The molecular formula is C15H20N4O. The van der Waals surface area contributed by atoms with Gasteiger partial charge in [-0.25, -0.2) is 0 Å². The number of carbonyl (C=O) groups excluding carboxylic acids is 1. The lowest BCUT2D eigenvalue weighted by Gasteiger charge is -2.05. The van der Waals surface area contributed by atoms with E-state index < -0.39 is 0 Å². The van der Waals surface area contributed by atoms with E-state index in [9.17, 15) is 4.79 Å². The Morgan fingerprint density at radius 2 is 2.15 bits per heavy atom. The van der Waals surface area contributed by atoms with Crippen LogP contribution in [0, 0.1) is 0 Å². The van der Waals surface area contributed by atoms with Crippen LogP contribution >= 0.6 is 0 Å². The normalized spacial score (nSPS) is 10.8. The van der Waals surface area contributed by atoms with Gasteiger partial charge in [-0.3, -0.25) is 9.89 Å². The Morgan fingerprint density at radius 1 is 1.40 bits per heavy atom. The van der Waals surface area contributed by atoms with Gasteiger partial charge in [0.2, 0.25) is 5.91 Å². The smallest absolute Gasteiger partial charge is 0.225 e. The van der Waals surface area contributed by atoms with Crippen molar-refractivity contribution in [2.24, 2.45) is 0 Å². The molecule has 0 radical (unpaired) electrons. The number of anilines is 2. The van der Waals surface area contributed by atoms with E-state index in [1.54, 1.807) is 0 Å². The minimum atomic E-state index is -0.0601. The van der Waals surface area contributed by atoms with Gasteiger partial charge < -0.3 is 11.1 Å². The molecular weight excluding hydrogens is 252 g/mol. The molecule has 1 amide bonds. The maximum absolute atomic E-state index is 11.9. The number of nitrogens with two attached hydrogens (primary N) is 1. The number of nitrogens with zero attached hydrogens (tertiary/aromatic N) is 1. The number of aromatic amines is 1. The van der Waals surface area contributed by atoms with E-state index in [1.807, 2.05) is 30.3 Å². The first-order valence-electron chi connectivity index (χ1n) is 6.75. The van der Waals surface area contributed by atoms with Gasteiger partial charge in [0.15, 0.2) is 5.82 Å². The van der Waals surface area contributed by atoms with Crippen molar-refractivity contribution in [1.82, 2.24) is 10.2 Å². The molecule has 106 valence electrons. The third-order valence-electron chi connectivity index (χ3n) is 3.16. The van der Waals surface area contributed by atoms with Gasteiger partial charge in [-0.05, 0) is 24.0 Å². The van der Waals surface area contributed by atoms with Crippen LogP contribution in [0.15, 0.2) is 30.3 Å². The van der Waals surface area contributed by atoms with Crippen molar-refractivity contribution in [3.05, 3.63) is 41.6 Å². The van der Waals surface area contributed by atoms with Gasteiger partial charge >= 0.3 is 0 Å². The van der Waals surface area contributed by atoms with Gasteiger partial charge in [-0.1, -0.05) is 32.0 Å². The van der Waals surface area contributed by atoms with Crippen molar-refractivity contribution < 1.29 is 4.79 Å². The molecule has 2 rings (SSSR count). The Labute approximate surface area is 118 Å². The average Bonchev–Trinajstić information content (AvgIpc) is 2.86. The van der Waals surface area contributed by atoms with Crippen LogP contribution in [-0.4, -0.2) is 16.1 Å². The highest BCUT2D eigenvalue weighted by Gasteiger charge is 2.08. The molecule has 1 aromatic carbocycles. The fourth-order valence-electron chi connectivity index (χ4n) is 1.91. The molecule has 0 aliphatic rings. The summed E-state index contributed by atoms with van der Waals surface area (Å²) in [7, 11) is 0. The fraction of sp³-hybridized carbons (Fsp3) is 0.333. The fourth-order valence-corrected chi connectivity index (χ4v) is 1.91. The van der Waals surface area contributed by atoms with Gasteiger partial charge in [-0.2, -0.15) is 5.10 Å². The zero-order valence-electron chi connectivity index (χ0n) is 11.8. The van der Waals surface area contributed by atoms with Gasteiger partial charge in [0, 0.05) is 23.9 Å². The highest BCUT2D eigenvalue weighted by atomic mass is 16.1. The first-order chi connectivity index (χ1) is 9.56. The largest absolute Gasteiger partial charge is 0.399 e. The van der Waals surface area contributed by atoms with Crippen molar-refractivity contribution in [1.29, 1.82) is 0 Å². The van der Waals surface area contributed by atoms with E-state index in [0.29, 0.717) is 24.6 Å². The number of aromatic nitrogens is 2. The Hall–Kier alpha value is -2.30. The van der Waals surface area contributed by atoms with Crippen LogP contribution in [0.1, 0.15) is 37.4 Å². The molecule has 0 spiro atoms. The predicted molar refractivity (Wildman–Crippen MR) is 80.5 cm³/mol. The summed E-state index contributed by atoms with van der Waals surface area (Å²) in [5.41, 5.74) is 8.57. The molecule has 20 heavy (non-hydrogen) atoms. The van der Waals surface area contributed by atoms with Crippen LogP contribution in [0.2, 0.25) is 0 Å². The topological polar surface area (TPSA) is 83.8 Å². The second-order valence-electron chi connectivity index (χ2n) is 5.11. The Morgan fingerprint density at radius 3 is 2.80 bits per heavy atom. The summed E-state index contributed by atoms with van der Waals surface area (Å²) in [6.45, 7) is 4.13. The summed E-state index contributed by atoms with van der Waals surface area (Å²) in [6.07, 6.45) is 1.01. The second-order valence-corrected chi connectivity index (χ2v) is 5.11. The molecule has 0 bridgehead atoms. The first-order valence-corrected chi connectivity index (χ1v) is 6.75. The number of hydrogen-bond donors (Lipinski definition) is 3. The highest BCUT2D eigenvalue weighted by molar-refractivity contribution is 5.90. The second kappa shape index (κ2) is 6.23. The van der Waals surface area contributed by atoms with Crippen molar-refractivity contribution in [2.75, 3.05) is 11.1 Å². The lowest BCUT2D eigenvalue weighted by molar-refractivity contribution is -0.116. The van der Waals surface area contributed by atoms with Crippen LogP contribution in [-0.2, 0) is 11.2 Å². The lowest BCUT2D eigenvalue weighted by Crippen LogP contribution is -2.13. The van der Waals surface area contributed by atoms with E-state index in [1.165, 1.54) is 0 Å². The standard InChI is InChI=1S/C15H20N4O/c1-10(2)13-9-14(19-18-13)17-15(20)8-7-11-5-3-4-6-12(11)16/h3-6,9-10H,7-8,16H2,1-2H3,(H2,17,18,19,20). The molecule has 1 aromatic heterocycles. The highest BCUT2D eigenvalue weighted by Crippen LogP contribution is 2.16. The van der Waals surface area contributed by atoms with Crippen LogP contribution in [0.4, 0.5) is 11.5 Å². The predicted octanol–water partition coefficient (Wildman–Crippen LogP) is 2.69. The Balaban J connectivity index is 1.88. The third kappa shape index (κ3) is 3.60. The van der Waals surface area contributed by atoms with E-state index >= 15 is 0 Å². The molecule has 2 aromatic rings. The van der Waals surface area contributed by atoms with E-state index in [2.05, 4.69) is 29.4 Å². The number of H-pyrrole nitrogens is 1. The molecule has 0 unspecified atom stereocenters. The summed E-state index contributed by atoms with van der Waals surface area (Å²) < 4.78 is 0. The first kappa shape index (κ1) is 14.1. The number of carbonyl (C=O) groups is 1. The van der Waals surface area contributed by atoms with Crippen LogP contribution in [0.3, 0.4) is 0 Å². The number of nitrogens with one attached hydrogen (secondary N) is 2. The van der Waals surface area contributed by atoms with Gasteiger partial charge in [0.25, 0.3) is 0 Å². The number of nitrogen functional groups attached to an aromatic ring is 1. The summed E-state index contributed by atoms with van der Waals surface area (Å²) in [6, 6.07) is 9.45. The molecule has 0 fully saturated rings. The number of benzene rings is 1. The minimum Gasteiger partial charge on any atom is -0.399 e. The lowest BCUT2D eigenvalue weighted by atomic mass is 10.1. The molecule has 0 saturated carbocycles. The van der Waals surface area contributed by atoms with Crippen LogP contribution in [0.5, 0.6) is 0 Å². The van der Waals surface area contributed by atoms with Crippen LogP contribution < -0.4 is 11.1 Å². The summed E-state index contributed by atoms with van der Waals surface area (Å²) in [5, 5.41) is 9.76. The zero-order chi connectivity index (χ0) is 14.5. The zero-order valence-corrected chi connectivity index (χ0v) is 11.8. The summed E-state index contributed by atoms with van der Waals surface area (Å²) in [5.74, 6) is 0.868. The van der Waals surface area contributed by atoms with Gasteiger partial charge in [0.05, 0.1) is 0 Å². The molecule has 1 heterocycles. The van der Waals surface area contributed by atoms with E-state index in [0.717, 1.165) is 16.9 Å². The molecule has 0 aliphatic heterocycles. The monoisotopic (exact) mass is 272 g/mol. The SMILES string of the molecule is CC(C)c1cc(NC(=O)CCc2ccccc2N)n[nH]1. The molecule has 5 nitrogen and oxygen atoms in total. The number of hydrogen-bond acceptors (Lipinski definition) is 3. The van der Waals surface area contributed by atoms with Crippen LogP contribution in [0.25, 0.3) is 0 Å². The molecule has 0 saturated heterocycles. The molecule has 4 N–H and O–H groups in total. The maximum Gasteiger partial charge on any atom is 0.225 e. The van der Waals surface area contributed by atoms with E-state index in [4.69, 9.17) is 5.73 Å². The minimum absolute atomic E-state index is 0.0601. The molecule has 5 heteroatoms. The number of amides is 1. The van der Waals surface area contributed by atoms with Gasteiger partial charge in [0.1, 0.15) is 0 Å². The summed E-state index contributed by atoms with van der Waals surface area (Å²) >= 11 is 0. The quantitative estimate of drug-likeness (QED) is 0.732. The van der Waals surface area contributed by atoms with E-state index in [-0.39, 0.29) is 5.91 Å². The molecule has 0 aliphatic carbocycles. The van der Waals surface area contributed by atoms with Crippen molar-refractivity contribution in [3.8, 4) is 0 Å². The number of aryl methyl sites for hydroxylation is 1. The number of para-hydroxylation sites is 1. The Bertz CT molecular complexity index is 589. The van der Waals surface area contributed by atoms with Crippen molar-refractivity contribution >= 4 is 17.4 Å². The Kier molecular flexibility index (Phi) is 4.40. The third-order valence-corrected chi connectivity index (χ3v) is 3.16. The van der Waals surface area contributed by atoms with Crippen molar-refractivity contribution in [2.45, 2.75) is 32.6 Å². The molecule has 0 atom stereocenters. The van der Waals surface area contributed by atoms with Crippen molar-refractivity contribution in [3.63, 3.8) is 0 Å². The van der Waals surface area contributed by atoms with Gasteiger partial charge in [-0.15, -0.1) is 0 Å². The summed E-state index contributed by atoms with van der Waals surface area (Å²) in [4.78, 5) is 11.9. The average molecular weight is 272 g/mol. The number of rotatable bonds is 5. The maximum atomic E-state index is 11.9.